The van der Waals surface area contributed by atoms with Gasteiger partial charge in [0.2, 0.25) is 5.91 Å². The van der Waals surface area contributed by atoms with Crippen molar-refractivity contribution in [3.8, 4) is 0 Å². The van der Waals surface area contributed by atoms with Gasteiger partial charge in [0.25, 0.3) is 0 Å². The van der Waals surface area contributed by atoms with Gasteiger partial charge in [0.05, 0.1) is 0 Å². The van der Waals surface area contributed by atoms with Gasteiger partial charge in [-0.25, -0.2) is 0 Å². The summed E-state index contributed by atoms with van der Waals surface area (Å²) in [6.45, 7) is 1.91. The summed E-state index contributed by atoms with van der Waals surface area (Å²) >= 11 is 0. The van der Waals surface area contributed by atoms with Gasteiger partial charge in [-0.15, -0.1) is 0 Å². The Hall–Kier alpha value is -0.570. The van der Waals surface area contributed by atoms with Crippen LogP contribution in [0.3, 0.4) is 0 Å². The minimum absolute atomic E-state index is 0.263. The van der Waals surface area contributed by atoms with Gasteiger partial charge >= 0.3 is 0 Å². The zero-order valence-corrected chi connectivity index (χ0v) is 11.1. The van der Waals surface area contributed by atoms with Crippen LogP contribution < -0.4 is 10.6 Å². The lowest BCUT2D eigenvalue weighted by Crippen LogP contribution is -2.34. The Morgan fingerprint density at radius 1 is 1.24 bits per heavy atom. The van der Waals surface area contributed by atoms with E-state index in [1.54, 1.807) is 0 Å². The van der Waals surface area contributed by atoms with E-state index in [-0.39, 0.29) is 5.91 Å². The highest BCUT2D eigenvalue weighted by atomic mass is 16.1. The van der Waals surface area contributed by atoms with Crippen LogP contribution in [0.15, 0.2) is 0 Å². The van der Waals surface area contributed by atoms with Crippen LogP contribution in [-0.2, 0) is 4.79 Å². The van der Waals surface area contributed by atoms with Crippen molar-refractivity contribution in [2.75, 3.05) is 20.1 Å². The second kappa shape index (κ2) is 5.85. The Morgan fingerprint density at radius 2 is 1.94 bits per heavy atom. The highest BCUT2D eigenvalue weighted by Gasteiger charge is 2.41. The van der Waals surface area contributed by atoms with Crippen molar-refractivity contribution in [3.63, 3.8) is 0 Å². The number of hydrogen-bond donors (Lipinski definition) is 2. The van der Waals surface area contributed by atoms with Crippen molar-refractivity contribution in [2.24, 2.45) is 11.3 Å². The Balaban J connectivity index is 1.57. The summed E-state index contributed by atoms with van der Waals surface area (Å²) in [5.41, 5.74) is 0.387. The summed E-state index contributed by atoms with van der Waals surface area (Å²) in [6.07, 6.45) is 9.79. The van der Waals surface area contributed by atoms with Crippen molar-refractivity contribution in [2.45, 2.75) is 51.4 Å². The van der Waals surface area contributed by atoms with Crippen molar-refractivity contribution < 1.29 is 4.79 Å². The van der Waals surface area contributed by atoms with E-state index < -0.39 is 0 Å². The van der Waals surface area contributed by atoms with Crippen molar-refractivity contribution in [1.29, 1.82) is 0 Å². The zero-order chi connectivity index (χ0) is 12.1. The minimum Gasteiger partial charge on any atom is -0.355 e. The van der Waals surface area contributed by atoms with Crippen LogP contribution in [0.25, 0.3) is 0 Å². The minimum atomic E-state index is 0.263. The lowest BCUT2D eigenvalue weighted by Gasteiger charge is -2.16. The van der Waals surface area contributed by atoms with Gasteiger partial charge in [-0.2, -0.15) is 0 Å². The third kappa shape index (κ3) is 3.98. The molecule has 0 radical (unpaired) electrons. The van der Waals surface area contributed by atoms with E-state index in [0.717, 1.165) is 31.8 Å². The van der Waals surface area contributed by atoms with E-state index in [9.17, 15) is 4.79 Å². The zero-order valence-electron chi connectivity index (χ0n) is 11.1. The lowest BCUT2D eigenvalue weighted by atomic mass is 10.0. The topological polar surface area (TPSA) is 41.1 Å². The van der Waals surface area contributed by atoms with Crippen LogP contribution in [0.4, 0.5) is 0 Å². The van der Waals surface area contributed by atoms with Crippen LogP contribution in [0, 0.1) is 11.3 Å². The third-order valence-corrected chi connectivity index (χ3v) is 4.42. The number of carbonyl (C=O) groups is 1. The van der Waals surface area contributed by atoms with Crippen molar-refractivity contribution in [3.05, 3.63) is 0 Å². The molecule has 0 atom stereocenters. The number of nitrogens with one attached hydrogen (secondary N) is 2. The molecule has 0 bridgehead atoms. The fraction of sp³-hybridized carbons (Fsp3) is 0.929. The Bertz CT molecular complexity index is 255. The SMILES string of the molecule is CNCC1(CNC(=O)CCC2CCCC2)CC1. The van der Waals surface area contributed by atoms with E-state index in [2.05, 4.69) is 10.6 Å². The molecule has 2 saturated carbocycles. The molecule has 3 heteroatoms. The largest absolute Gasteiger partial charge is 0.355 e. The van der Waals surface area contributed by atoms with Crippen molar-refractivity contribution >= 4 is 5.91 Å². The summed E-state index contributed by atoms with van der Waals surface area (Å²) < 4.78 is 0. The first-order chi connectivity index (χ1) is 8.24. The third-order valence-electron chi connectivity index (χ3n) is 4.42. The van der Waals surface area contributed by atoms with Gasteiger partial charge < -0.3 is 10.6 Å². The average molecular weight is 238 g/mol. The number of amides is 1. The molecule has 17 heavy (non-hydrogen) atoms. The maximum Gasteiger partial charge on any atom is 0.220 e. The molecule has 2 aliphatic carbocycles. The van der Waals surface area contributed by atoms with E-state index in [1.165, 1.54) is 38.5 Å². The molecule has 2 N–H and O–H groups in total. The van der Waals surface area contributed by atoms with Crippen LogP contribution in [0.2, 0.25) is 0 Å². The second-order valence-electron chi connectivity index (χ2n) is 6.00. The summed E-state index contributed by atoms with van der Waals surface area (Å²) in [7, 11) is 1.99. The van der Waals surface area contributed by atoms with Crippen LogP contribution in [0.1, 0.15) is 51.4 Å². The summed E-state index contributed by atoms with van der Waals surface area (Å²) in [5.74, 6) is 1.09. The molecule has 2 fully saturated rings. The smallest absolute Gasteiger partial charge is 0.220 e. The average Bonchev–Trinajstić information content (AvgIpc) is 2.90. The van der Waals surface area contributed by atoms with Gasteiger partial charge in [-0.1, -0.05) is 25.7 Å². The predicted molar refractivity (Wildman–Crippen MR) is 69.8 cm³/mol. The molecular weight excluding hydrogens is 212 g/mol. The van der Waals surface area contributed by atoms with Crippen LogP contribution in [0.5, 0.6) is 0 Å². The molecule has 3 nitrogen and oxygen atoms in total. The molecule has 0 heterocycles. The van der Waals surface area contributed by atoms with E-state index in [1.807, 2.05) is 7.05 Å². The predicted octanol–water partition coefficient (Wildman–Crippen LogP) is 2.07. The van der Waals surface area contributed by atoms with Gasteiger partial charge in [0.1, 0.15) is 0 Å². The highest BCUT2D eigenvalue weighted by molar-refractivity contribution is 5.75. The van der Waals surface area contributed by atoms with Crippen LogP contribution >= 0.6 is 0 Å². The Labute approximate surface area is 105 Å². The van der Waals surface area contributed by atoms with Gasteiger partial charge in [-0.05, 0) is 32.2 Å². The summed E-state index contributed by atoms with van der Waals surface area (Å²) in [5, 5.41) is 6.33. The molecule has 0 aromatic rings. The summed E-state index contributed by atoms with van der Waals surface area (Å²) in [4.78, 5) is 11.7. The fourth-order valence-corrected chi connectivity index (χ4v) is 2.98. The fourth-order valence-electron chi connectivity index (χ4n) is 2.98. The molecule has 0 aromatic heterocycles. The lowest BCUT2D eigenvalue weighted by molar-refractivity contribution is -0.121. The standard InChI is InChI=1S/C14H26N2O/c1-15-10-14(8-9-14)11-16-13(17)7-6-12-4-2-3-5-12/h12,15H,2-11H2,1H3,(H,16,17). The Kier molecular flexibility index (Phi) is 4.43. The number of hydrogen-bond acceptors (Lipinski definition) is 2. The normalized spacial score (nSPS) is 22.6. The quantitative estimate of drug-likeness (QED) is 0.713. The number of carbonyl (C=O) groups excluding carboxylic acids is 1. The monoisotopic (exact) mass is 238 g/mol. The molecule has 0 aliphatic heterocycles. The van der Waals surface area contributed by atoms with Gasteiger partial charge in [-0.3, -0.25) is 4.79 Å². The molecule has 0 unspecified atom stereocenters. The van der Waals surface area contributed by atoms with E-state index >= 15 is 0 Å². The van der Waals surface area contributed by atoms with Gasteiger partial charge in [0, 0.05) is 24.9 Å². The molecule has 0 spiro atoms. The molecule has 0 aromatic carbocycles. The molecule has 98 valence electrons. The second-order valence-corrected chi connectivity index (χ2v) is 6.00. The first kappa shape index (κ1) is 12.9. The maximum absolute atomic E-state index is 11.7. The first-order valence-corrected chi connectivity index (χ1v) is 7.15. The highest BCUT2D eigenvalue weighted by Crippen LogP contribution is 2.44. The molecule has 2 aliphatic rings. The van der Waals surface area contributed by atoms with Crippen molar-refractivity contribution in [1.82, 2.24) is 10.6 Å². The molecular formula is C14H26N2O. The maximum atomic E-state index is 11.7. The molecule has 2 rings (SSSR count). The summed E-state index contributed by atoms with van der Waals surface area (Å²) in [6, 6.07) is 0. The Morgan fingerprint density at radius 3 is 2.53 bits per heavy atom. The van der Waals surface area contributed by atoms with Gasteiger partial charge in [0.15, 0.2) is 0 Å². The molecule has 1 amide bonds. The van der Waals surface area contributed by atoms with E-state index in [4.69, 9.17) is 0 Å². The number of rotatable bonds is 7. The van der Waals surface area contributed by atoms with E-state index in [0.29, 0.717) is 5.41 Å². The first-order valence-electron chi connectivity index (χ1n) is 7.15. The van der Waals surface area contributed by atoms with Crippen LogP contribution in [-0.4, -0.2) is 26.0 Å². The molecule has 0 saturated heterocycles.